The lowest BCUT2D eigenvalue weighted by Gasteiger charge is -2.34. The highest BCUT2D eigenvalue weighted by Crippen LogP contribution is 2.38. The summed E-state index contributed by atoms with van der Waals surface area (Å²) in [6.07, 6.45) is 4.57. The second-order valence-electron chi connectivity index (χ2n) is 8.01. The number of carbonyl (C=O) groups excluding carboxylic acids is 1. The van der Waals surface area contributed by atoms with E-state index < -0.39 is 0 Å². The first-order valence-corrected chi connectivity index (χ1v) is 11.6. The molecule has 1 aromatic heterocycles. The van der Waals surface area contributed by atoms with Gasteiger partial charge in [0.2, 0.25) is 5.91 Å². The molecule has 0 fully saturated rings. The maximum Gasteiger partial charge on any atom is 0.248 e. The second kappa shape index (κ2) is 8.59. The van der Waals surface area contributed by atoms with Crippen molar-refractivity contribution in [1.29, 1.82) is 0 Å². The molecule has 2 aromatic carbocycles. The number of thioether (sulfide) groups is 1. The molecule has 1 amide bonds. The number of anilines is 3. The van der Waals surface area contributed by atoms with Crippen molar-refractivity contribution in [2.45, 2.75) is 25.4 Å². The molecular formula is C25H25N5OS. The Hall–Kier alpha value is -3.45. The largest absolute Gasteiger partial charge is 0.366 e. The molecule has 3 heterocycles. The van der Waals surface area contributed by atoms with Crippen LogP contribution in [0.5, 0.6) is 0 Å². The van der Waals surface area contributed by atoms with Crippen LogP contribution in [-0.4, -0.2) is 22.9 Å². The van der Waals surface area contributed by atoms with E-state index in [1.54, 1.807) is 18.0 Å². The van der Waals surface area contributed by atoms with Gasteiger partial charge >= 0.3 is 0 Å². The van der Waals surface area contributed by atoms with E-state index in [2.05, 4.69) is 62.8 Å². The Bertz CT molecular complexity index is 1180. The highest BCUT2D eigenvalue weighted by molar-refractivity contribution is 8.03. The zero-order valence-electron chi connectivity index (χ0n) is 17.9. The number of para-hydroxylation sites is 2. The van der Waals surface area contributed by atoms with Crippen molar-refractivity contribution in [3.8, 4) is 0 Å². The van der Waals surface area contributed by atoms with Gasteiger partial charge in [-0.1, -0.05) is 30.0 Å². The van der Waals surface area contributed by atoms with Crippen LogP contribution in [0, 0.1) is 0 Å². The van der Waals surface area contributed by atoms with Gasteiger partial charge in [0.25, 0.3) is 0 Å². The molecule has 162 valence electrons. The number of rotatable bonds is 5. The van der Waals surface area contributed by atoms with E-state index in [1.165, 1.54) is 22.5 Å². The van der Waals surface area contributed by atoms with Crippen LogP contribution in [0.2, 0.25) is 0 Å². The monoisotopic (exact) mass is 443 g/mol. The van der Waals surface area contributed by atoms with Crippen molar-refractivity contribution in [3.05, 3.63) is 94.8 Å². The first-order chi connectivity index (χ1) is 15.6. The lowest BCUT2D eigenvalue weighted by Crippen LogP contribution is -2.35. The first kappa shape index (κ1) is 20.5. The fourth-order valence-corrected chi connectivity index (χ4v) is 5.36. The number of carbonyl (C=O) groups is 1. The van der Waals surface area contributed by atoms with E-state index in [4.69, 9.17) is 5.73 Å². The van der Waals surface area contributed by atoms with Crippen molar-refractivity contribution in [3.63, 3.8) is 0 Å². The maximum absolute atomic E-state index is 11.5. The van der Waals surface area contributed by atoms with Gasteiger partial charge in [0.1, 0.15) is 0 Å². The molecule has 0 aliphatic carbocycles. The molecule has 7 heteroatoms. The molecule has 1 atom stereocenters. The van der Waals surface area contributed by atoms with Crippen LogP contribution in [0.4, 0.5) is 17.1 Å². The van der Waals surface area contributed by atoms with Gasteiger partial charge < -0.3 is 20.9 Å². The molecular weight excluding hydrogens is 418 g/mol. The second-order valence-corrected chi connectivity index (χ2v) is 8.96. The molecule has 32 heavy (non-hydrogen) atoms. The Morgan fingerprint density at radius 3 is 2.84 bits per heavy atom. The molecule has 2 aliphatic heterocycles. The summed E-state index contributed by atoms with van der Waals surface area (Å²) in [5, 5.41) is 5.92. The SMILES string of the molecule is CC1=CSC(Nc2ccccc2N2CCc3cc(C(N)=O)ccc3C2)N1c1cccnc1. The van der Waals surface area contributed by atoms with E-state index in [1.807, 2.05) is 30.5 Å². The predicted octanol–water partition coefficient (Wildman–Crippen LogP) is 4.55. The number of hydrogen-bond acceptors (Lipinski definition) is 6. The summed E-state index contributed by atoms with van der Waals surface area (Å²) in [7, 11) is 0. The predicted molar refractivity (Wildman–Crippen MR) is 132 cm³/mol. The van der Waals surface area contributed by atoms with Crippen LogP contribution in [-0.2, 0) is 13.0 Å². The number of nitrogens with zero attached hydrogens (tertiary/aromatic N) is 3. The van der Waals surface area contributed by atoms with Gasteiger partial charge in [0, 0.05) is 30.5 Å². The summed E-state index contributed by atoms with van der Waals surface area (Å²) in [4.78, 5) is 20.5. The van der Waals surface area contributed by atoms with Crippen LogP contribution in [0.15, 0.2) is 78.1 Å². The van der Waals surface area contributed by atoms with Gasteiger partial charge in [0.15, 0.2) is 5.50 Å². The molecule has 6 nitrogen and oxygen atoms in total. The lowest BCUT2D eigenvalue weighted by atomic mass is 9.96. The van der Waals surface area contributed by atoms with E-state index in [-0.39, 0.29) is 11.4 Å². The average Bonchev–Trinajstić information content (AvgIpc) is 3.19. The molecule has 0 saturated carbocycles. The van der Waals surface area contributed by atoms with Crippen molar-refractivity contribution in [1.82, 2.24) is 4.98 Å². The number of aromatic nitrogens is 1. The third kappa shape index (κ3) is 3.91. The first-order valence-electron chi connectivity index (χ1n) is 10.6. The summed E-state index contributed by atoms with van der Waals surface area (Å²) in [6, 6.07) is 18.3. The number of benzene rings is 2. The Morgan fingerprint density at radius 1 is 1.16 bits per heavy atom. The summed E-state index contributed by atoms with van der Waals surface area (Å²) < 4.78 is 0. The number of amides is 1. The Labute approximate surface area is 192 Å². The number of hydrogen-bond donors (Lipinski definition) is 2. The number of primary amides is 1. The van der Waals surface area contributed by atoms with Crippen molar-refractivity contribution in [2.24, 2.45) is 5.73 Å². The summed E-state index contributed by atoms with van der Waals surface area (Å²) >= 11 is 1.76. The number of pyridine rings is 1. The number of nitrogens with two attached hydrogens (primary N) is 1. The highest BCUT2D eigenvalue weighted by Gasteiger charge is 2.27. The van der Waals surface area contributed by atoms with Gasteiger partial charge in [-0.2, -0.15) is 0 Å². The van der Waals surface area contributed by atoms with E-state index in [0.717, 1.165) is 30.9 Å². The summed E-state index contributed by atoms with van der Waals surface area (Å²) in [5.41, 5.74) is 13.1. The zero-order chi connectivity index (χ0) is 22.1. The molecule has 0 saturated heterocycles. The Morgan fingerprint density at radius 2 is 2.03 bits per heavy atom. The number of nitrogens with one attached hydrogen (secondary N) is 1. The normalized spacial score (nSPS) is 17.7. The third-order valence-electron chi connectivity index (χ3n) is 5.93. The Kier molecular flexibility index (Phi) is 5.49. The van der Waals surface area contributed by atoms with Crippen LogP contribution >= 0.6 is 11.8 Å². The molecule has 0 radical (unpaired) electrons. The minimum absolute atomic E-state index is 0.0514. The maximum atomic E-state index is 11.5. The molecule has 3 N–H and O–H groups in total. The molecule has 5 rings (SSSR count). The van der Waals surface area contributed by atoms with Crippen LogP contribution in [0.25, 0.3) is 0 Å². The average molecular weight is 444 g/mol. The standard InChI is InChI=1S/C25H25N5OS/c1-17-16-32-25(30(17)21-5-4-11-27-14-21)28-22-6-2-3-7-23(22)29-12-10-18-13-19(24(26)31)8-9-20(18)15-29/h2-9,11,13-14,16,25,28H,10,12,15H2,1H3,(H2,26,31). The van der Waals surface area contributed by atoms with Crippen molar-refractivity contribution >= 4 is 34.7 Å². The van der Waals surface area contributed by atoms with Crippen molar-refractivity contribution in [2.75, 3.05) is 21.7 Å². The quantitative estimate of drug-likeness (QED) is 0.603. The Balaban J connectivity index is 1.39. The minimum Gasteiger partial charge on any atom is -0.366 e. The fourth-order valence-electron chi connectivity index (χ4n) is 4.32. The topological polar surface area (TPSA) is 74.5 Å². The lowest BCUT2D eigenvalue weighted by molar-refractivity contribution is 0.1000. The van der Waals surface area contributed by atoms with Gasteiger partial charge in [-0.25, -0.2) is 0 Å². The van der Waals surface area contributed by atoms with Gasteiger partial charge in [0.05, 0.1) is 23.3 Å². The molecule has 0 spiro atoms. The molecule has 1 unspecified atom stereocenters. The van der Waals surface area contributed by atoms with Gasteiger partial charge in [-0.15, -0.1) is 0 Å². The molecule has 2 aliphatic rings. The molecule has 3 aromatic rings. The van der Waals surface area contributed by atoms with Crippen LogP contribution in [0.1, 0.15) is 28.4 Å². The van der Waals surface area contributed by atoms with E-state index in [9.17, 15) is 4.79 Å². The fraction of sp³-hybridized carbons (Fsp3) is 0.200. The van der Waals surface area contributed by atoms with Gasteiger partial charge in [-0.3, -0.25) is 9.78 Å². The minimum atomic E-state index is -0.374. The van der Waals surface area contributed by atoms with Crippen LogP contribution < -0.4 is 20.9 Å². The molecule has 0 bridgehead atoms. The number of fused-ring (bicyclic) bond motifs is 1. The van der Waals surface area contributed by atoms with E-state index in [0.29, 0.717) is 5.56 Å². The van der Waals surface area contributed by atoms with Crippen LogP contribution in [0.3, 0.4) is 0 Å². The van der Waals surface area contributed by atoms with Gasteiger partial charge in [-0.05, 0) is 66.3 Å². The summed E-state index contributed by atoms with van der Waals surface area (Å²) in [6.45, 7) is 3.80. The smallest absolute Gasteiger partial charge is 0.248 e. The zero-order valence-corrected chi connectivity index (χ0v) is 18.7. The highest BCUT2D eigenvalue weighted by atomic mass is 32.2. The summed E-state index contributed by atoms with van der Waals surface area (Å²) in [5.74, 6) is -0.374. The third-order valence-corrected chi connectivity index (χ3v) is 7.00. The van der Waals surface area contributed by atoms with E-state index >= 15 is 0 Å². The van der Waals surface area contributed by atoms with Crippen molar-refractivity contribution < 1.29 is 4.79 Å². The number of allylic oxidation sites excluding steroid dienone is 1.